The Balaban J connectivity index is 0.000000706. The van der Waals surface area contributed by atoms with Crippen LogP contribution in [0.15, 0.2) is 78.9 Å². The monoisotopic (exact) mass is 483 g/mol. The molecule has 0 saturated heterocycles. The molecule has 0 heterocycles. The number of benzene rings is 3. The van der Waals surface area contributed by atoms with Gasteiger partial charge in [-0.1, -0.05) is 79.6 Å². The van der Waals surface area contributed by atoms with Crippen molar-refractivity contribution in [1.29, 1.82) is 0 Å². The number of fused-ring (bicyclic) bond motifs is 1. The summed E-state index contributed by atoms with van der Waals surface area (Å²) in [5.74, 6) is 0. The van der Waals surface area contributed by atoms with Crippen molar-refractivity contribution in [2.75, 3.05) is 0 Å². The van der Waals surface area contributed by atoms with Crippen LogP contribution in [0.2, 0.25) is 0 Å². The first-order valence-corrected chi connectivity index (χ1v) is 15.9. The maximum absolute atomic E-state index is 4.93. The predicted octanol–water partition coefficient (Wildman–Crippen LogP) is 8.39. The topological polar surface area (TPSA) is 0 Å². The van der Waals surface area contributed by atoms with Crippen molar-refractivity contribution in [2.45, 2.75) is 26.7 Å². The Morgan fingerprint density at radius 3 is 2.07 bits per heavy atom. The third-order valence-corrected chi connectivity index (χ3v) is 5.11. The molecule has 4 aromatic carbocycles. The fourth-order valence-electron chi connectivity index (χ4n) is 3.78. The minimum atomic E-state index is -0.826. The molecular weight excluding hydrogens is 462 g/mol. The summed E-state index contributed by atoms with van der Waals surface area (Å²) in [6.07, 6.45) is 2.12. The molecule has 0 saturated carbocycles. The molecule has 0 atom stereocenters. The Kier molecular flexibility index (Phi) is 8.04. The molecule has 3 heteroatoms. The molecule has 0 amide bonds. The molecular formula is C25H23Cl2Zr-. The summed E-state index contributed by atoms with van der Waals surface area (Å²) < 4.78 is 0. The van der Waals surface area contributed by atoms with Gasteiger partial charge in [0.1, 0.15) is 0 Å². The summed E-state index contributed by atoms with van der Waals surface area (Å²) in [5, 5.41) is 2.74. The first-order chi connectivity index (χ1) is 13.7. The number of hydrogen-bond donors (Lipinski definition) is 0. The van der Waals surface area contributed by atoms with E-state index in [1.807, 2.05) is 0 Å². The zero-order valence-electron chi connectivity index (χ0n) is 16.2. The van der Waals surface area contributed by atoms with Gasteiger partial charge in [-0.2, -0.15) is 6.07 Å². The third-order valence-electron chi connectivity index (χ3n) is 5.11. The van der Waals surface area contributed by atoms with E-state index in [2.05, 4.69) is 92.7 Å². The van der Waals surface area contributed by atoms with Crippen molar-refractivity contribution in [2.24, 2.45) is 0 Å². The molecule has 0 fully saturated rings. The molecule has 0 spiro atoms. The van der Waals surface area contributed by atoms with E-state index >= 15 is 0 Å². The number of rotatable bonds is 4. The van der Waals surface area contributed by atoms with Crippen LogP contribution in [0.25, 0.3) is 33.0 Å². The molecule has 0 aliphatic rings. The Labute approximate surface area is 186 Å². The van der Waals surface area contributed by atoms with Gasteiger partial charge in [0.25, 0.3) is 0 Å². The van der Waals surface area contributed by atoms with Crippen molar-refractivity contribution < 1.29 is 20.8 Å². The van der Waals surface area contributed by atoms with E-state index in [-0.39, 0.29) is 0 Å². The second-order valence-electron chi connectivity index (χ2n) is 6.66. The molecule has 0 aliphatic heterocycles. The Morgan fingerprint density at radius 2 is 1.43 bits per heavy atom. The van der Waals surface area contributed by atoms with E-state index in [9.17, 15) is 0 Å². The zero-order chi connectivity index (χ0) is 19.9. The maximum atomic E-state index is 4.93. The fraction of sp³-hybridized carbons (Fsp3) is 0.160. The summed E-state index contributed by atoms with van der Waals surface area (Å²) in [6.45, 7) is 4.48. The third kappa shape index (κ3) is 4.65. The molecule has 0 bridgehead atoms. The van der Waals surface area contributed by atoms with Crippen LogP contribution in [0, 0.1) is 0 Å². The van der Waals surface area contributed by atoms with Crippen molar-refractivity contribution in [3.63, 3.8) is 0 Å². The van der Waals surface area contributed by atoms with E-state index in [0.29, 0.717) is 0 Å². The predicted molar refractivity (Wildman–Crippen MR) is 121 cm³/mol. The average Bonchev–Trinajstić information content (AvgIpc) is 3.17. The number of aryl methyl sites for hydroxylation is 2. The first kappa shape index (κ1) is 21.4. The quantitative estimate of drug-likeness (QED) is 0.255. The van der Waals surface area contributed by atoms with Gasteiger partial charge in [0.2, 0.25) is 0 Å². The minimum absolute atomic E-state index is 0.826. The molecule has 4 rings (SSSR count). The average molecular weight is 486 g/mol. The second kappa shape index (κ2) is 10.5. The second-order valence-corrected chi connectivity index (χ2v) is 10.4. The summed E-state index contributed by atoms with van der Waals surface area (Å²) in [5.41, 5.74) is 8.17. The van der Waals surface area contributed by atoms with Crippen LogP contribution >= 0.6 is 17.0 Å². The van der Waals surface area contributed by atoms with Gasteiger partial charge in [-0.05, 0) is 29.5 Å². The number of halogens is 2. The van der Waals surface area contributed by atoms with E-state index < -0.39 is 20.8 Å². The van der Waals surface area contributed by atoms with Crippen LogP contribution in [0.3, 0.4) is 0 Å². The van der Waals surface area contributed by atoms with E-state index in [4.69, 9.17) is 17.0 Å². The zero-order valence-corrected chi connectivity index (χ0v) is 20.1. The first-order valence-electron chi connectivity index (χ1n) is 9.55. The van der Waals surface area contributed by atoms with Crippen LogP contribution in [-0.4, -0.2) is 0 Å². The van der Waals surface area contributed by atoms with Crippen molar-refractivity contribution in [1.82, 2.24) is 0 Å². The molecule has 0 aromatic heterocycles. The summed E-state index contributed by atoms with van der Waals surface area (Å²) in [7, 11) is 9.87. The van der Waals surface area contributed by atoms with Gasteiger partial charge in [-0.15, -0.1) is 34.5 Å². The summed E-state index contributed by atoms with van der Waals surface area (Å²) in [4.78, 5) is 0. The van der Waals surface area contributed by atoms with Gasteiger partial charge < -0.3 is 0 Å². The van der Waals surface area contributed by atoms with Gasteiger partial charge in [0, 0.05) is 0 Å². The van der Waals surface area contributed by atoms with Gasteiger partial charge >= 0.3 is 37.9 Å². The van der Waals surface area contributed by atoms with Gasteiger partial charge in [0.15, 0.2) is 0 Å². The Hall–Kier alpha value is -1.27. The van der Waals surface area contributed by atoms with E-state index in [1.54, 1.807) is 0 Å². The molecule has 0 N–H and O–H groups in total. The van der Waals surface area contributed by atoms with Crippen LogP contribution in [-0.2, 0) is 33.7 Å². The Morgan fingerprint density at radius 1 is 0.786 bits per heavy atom. The molecule has 0 unspecified atom stereocenters. The van der Waals surface area contributed by atoms with Gasteiger partial charge in [0.05, 0.1) is 0 Å². The van der Waals surface area contributed by atoms with Crippen LogP contribution in [0.4, 0.5) is 0 Å². The normalized spacial score (nSPS) is 10.4. The van der Waals surface area contributed by atoms with Crippen LogP contribution < -0.4 is 0 Å². The van der Waals surface area contributed by atoms with Crippen LogP contribution in [0.1, 0.15) is 25.0 Å². The summed E-state index contributed by atoms with van der Waals surface area (Å²) in [6, 6.07) is 28.8. The van der Waals surface area contributed by atoms with Crippen LogP contribution in [0.5, 0.6) is 0 Å². The SMILES string of the molecule is CCc1cc2c(-c3ccccc3-c3ccccc3)c(CC)ccc2[cH-]1.[Cl][Zr][Cl]. The van der Waals surface area contributed by atoms with Crippen molar-refractivity contribution >= 4 is 27.8 Å². The van der Waals surface area contributed by atoms with E-state index in [0.717, 1.165) is 12.8 Å². The standard InChI is InChI=1S/C25H23.2ClH.Zr/c1-3-18-16-21-15-14-19(4-2)25(24(21)17-18)23-13-9-8-12-22(23)20-10-6-5-7-11-20;;;/h5-17H,3-4H2,1-2H3;2*1H;/q-1;;;+2/p-2. The van der Waals surface area contributed by atoms with Crippen molar-refractivity contribution in [3.8, 4) is 22.3 Å². The van der Waals surface area contributed by atoms with Crippen molar-refractivity contribution in [3.05, 3.63) is 90.0 Å². The van der Waals surface area contributed by atoms with Gasteiger partial charge in [-0.25, -0.2) is 0 Å². The molecule has 0 radical (unpaired) electrons. The molecule has 0 nitrogen and oxygen atoms in total. The molecule has 4 aromatic rings. The fourth-order valence-corrected chi connectivity index (χ4v) is 3.78. The molecule has 142 valence electrons. The van der Waals surface area contributed by atoms with E-state index in [1.165, 1.54) is 44.2 Å². The van der Waals surface area contributed by atoms with Gasteiger partial charge in [-0.3, -0.25) is 0 Å². The molecule has 0 aliphatic carbocycles. The Bertz CT molecular complexity index is 1040. The summed E-state index contributed by atoms with van der Waals surface area (Å²) >= 11 is -0.826. The molecule has 28 heavy (non-hydrogen) atoms. The number of hydrogen-bond acceptors (Lipinski definition) is 0.